The summed E-state index contributed by atoms with van der Waals surface area (Å²) < 4.78 is 3.20. The van der Waals surface area contributed by atoms with Crippen molar-refractivity contribution in [3.05, 3.63) is 10.7 Å². The minimum Gasteiger partial charge on any atom is -0.355 e. The molecule has 0 atom stereocenters. The zero-order valence-corrected chi connectivity index (χ0v) is 11.7. The Morgan fingerprint density at radius 1 is 1.53 bits per heavy atom. The number of aryl methyl sites for hydroxylation is 1. The number of hydrogen-bond acceptors (Lipinski definition) is 3. The van der Waals surface area contributed by atoms with Crippen molar-refractivity contribution in [1.29, 1.82) is 0 Å². The molecular formula is C10H16BrN3S. The maximum atomic E-state index is 4.32. The van der Waals surface area contributed by atoms with E-state index in [1.54, 1.807) is 0 Å². The molecule has 0 amide bonds. The van der Waals surface area contributed by atoms with E-state index >= 15 is 0 Å². The Bertz CT molecular complexity index is 362. The fourth-order valence-corrected chi connectivity index (χ4v) is 3.49. The lowest BCUT2D eigenvalue weighted by Gasteiger charge is -2.38. The van der Waals surface area contributed by atoms with E-state index in [0.717, 1.165) is 17.7 Å². The lowest BCUT2D eigenvalue weighted by molar-refractivity contribution is 0.621. The zero-order valence-electron chi connectivity index (χ0n) is 9.33. The molecule has 15 heavy (non-hydrogen) atoms. The first-order valence-electron chi connectivity index (χ1n) is 5.06. The van der Waals surface area contributed by atoms with Gasteiger partial charge >= 0.3 is 0 Å². The van der Waals surface area contributed by atoms with Gasteiger partial charge in [0.2, 0.25) is 0 Å². The summed E-state index contributed by atoms with van der Waals surface area (Å²) >= 11 is 5.46. The highest BCUT2D eigenvalue weighted by Gasteiger charge is 2.28. The van der Waals surface area contributed by atoms with Gasteiger partial charge in [0.1, 0.15) is 10.4 Å². The maximum Gasteiger partial charge on any atom is 0.130 e. The van der Waals surface area contributed by atoms with Crippen molar-refractivity contribution in [2.24, 2.45) is 7.05 Å². The van der Waals surface area contributed by atoms with Crippen LogP contribution in [0.15, 0.2) is 10.7 Å². The third kappa shape index (κ3) is 2.50. The smallest absolute Gasteiger partial charge is 0.130 e. The Kier molecular flexibility index (Phi) is 3.03. The number of hydrogen-bond donors (Lipinski definition) is 0. The molecule has 1 aliphatic heterocycles. The highest BCUT2D eigenvalue weighted by molar-refractivity contribution is 9.10. The number of rotatable bonds is 1. The van der Waals surface area contributed by atoms with Crippen LogP contribution >= 0.6 is 27.7 Å². The molecule has 1 aromatic heterocycles. The highest BCUT2D eigenvalue weighted by Crippen LogP contribution is 2.32. The van der Waals surface area contributed by atoms with Crippen molar-refractivity contribution in [3.8, 4) is 0 Å². The molecule has 1 aliphatic rings. The first kappa shape index (κ1) is 11.3. The van der Waals surface area contributed by atoms with E-state index in [4.69, 9.17) is 0 Å². The van der Waals surface area contributed by atoms with Gasteiger partial charge in [-0.2, -0.15) is 16.9 Å². The van der Waals surface area contributed by atoms with Crippen molar-refractivity contribution < 1.29 is 0 Å². The Balaban J connectivity index is 2.20. The summed E-state index contributed by atoms with van der Waals surface area (Å²) in [5, 5.41) is 4.32. The SMILES string of the molecule is Cn1nc(Br)cc1N1CCSC(C)(C)C1. The largest absolute Gasteiger partial charge is 0.355 e. The lowest BCUT2D eigenvalue weighted by atomic mass is 10.2. The van der Waals surface area contributed by atoms with Gasteiger partial charge < -0.3 is 4.90 Å². The topological polar surface area (TPSA) is 21.1 Å². The molecule has 3 nitrogen and oxygen atoms in total. The van der Waals surface area contributed by atoms with Gasteiger partial charge in [0.25, 0.3) is 0 Å². The molecule has 0 spiro atoms. The van der Waals surface area contributed by atoms with Gasteiger partial charge in [-0.05, 0) is 29.8 Å². The van der Waals surface area contributed by atoms with Crippen molar-refractivity contribution in [3.63, 3.8) is 0 Å². The van der Waals surface area contributed by atoms with Crippen LogP contribution in [-0.2, 0) is 7.05 Å². The summed E-state index contributed by atoms with van der Waals surface area (Å²) in [6, 6.07) is 2.09. The van der Waals surface area contributed by atoms with Gasteiger partial charge in [-0.1, -0.05) is 0 Å². The molecule has 0 aliphatic carbocycles. The van der Waals surface area contributed by atoms with Gasteiger partial charge in [-0.3, -0.25) is 4.68 Å². The number of halogens is 1. The average molecular weight is 290 g/mol. The predicted molar refractivity (Wildman–Crippen MR) is 69.7 cm³/mol. The van der Waals surface area contributed by atoms with Gasteiger partial charge in [0, 0.05) is 36.7 Å². The Morgan fingerprint density at radius 2 is 2.27 bits per heavy atom. The van der Waals surface area contributed by atoms with E-state index in [1.807, 2.05) is 23.5 Å². The van der Waals surface area contributed by atoms with E-state index in [9.17, 15) is 0 Å². The van der Waals surface area contributed by atoms with Crippen molar-refractivity contribution in [2.45, 2.75) is 18.6 Å². The highest BCUT2D eigenvalue weighted by atomic mass is 79.9. The van der Waals surface area contributed by atoms with Crippen LogP contribution in [0.5, 0.6) is 0 Å². The standard InChI is InChI=1S/C10H16BrN3S/c1-10(2)7-14(4-5-15-10)9-6-8(11)12-13(9)3/h6H,4-5,7H2,1-3H3. The quantitative estimate of drug-likeness (QED) is 0.793. The minimum atomic E-state index is 0.342. The average Bonchev–Trinajstić information content (AvgIpc) is 2.43. The van der Waals surface area contributed by atoms with Crippen LogP contribution in [0.3, 0.4) is 0 Å². The molecule has 84 valence electrons. The van der Waals surface area contributed by atoms with E-state index in [-0.39, 0.29) is 0 Å². The van der Waals surface area contributed by atoms with Crippen LogP contribution < -0.4 is 4.90 Å². The van der Waals surface area contributed by atoms with Crippen LogP contribution in [0, 0.1) is 0 Å². The molecule has 1 fully saturated rings. The fourth-order valence-electron chi connectivity index (χ4n) is 1.93. The second kappa shape index (κ2) is 4.01. The summed E-state index contributed by atoms with van der Waals surface area (Å²) in [6.45, 7) is 6.80. The molecule has 1 aromatic rings. The van der Waals surface area contributed by atoms with Crippen molar-refractivity contribution >= 4 is 33.5 Å². The second-order valence-corrected chi connectivity index (χ2v) is 7.09. The first-order valence-corrected chi connectivity index (χ1v) is 6.84. The molecule has 0 aromatic carbocycles. The number of nitrogens with zero attached hydrogens (tertiary/aromatic N) is 3. The van der Waals surface area contributed by atoms with E-state index < -0.39 is 0 Å². The van der Waals surface area contributed by atoms with E-state index in [1.165, 1.54) is 11.6 Å². The van der Waals surface area contributed by atoms with Gasteiger partial charge in [0.15, 0.2) is 0 Å². The van der Waals surface area contributed by atoms with Crippen LogP contribution in [0.1, 0.15) is 13.8 Å². The van der Waals surface area contributed by atoms with Gasteiger partial charge in [-0.15, -0.1) is 0 Å². The maximum absolute atomic E-state index is 4.32. The van der Waals surface area contributed by atoms with E-state index in [2.05, 4.69) is 45.8 Å². The number of anilines is 1. The molecule has 0 bridgehead atoms. The van der Waals surface area contributed by atoms with Crippen LogP contribution in [0.25, 0.3) is 0 Å². The molecular weight excluding hydrogens is 274 g/mol. The number of thioether (sulfide) groups is 1. The summed E-state index contributed by atoms with van der Waals surface area (Å²) in [5.41, 5.74) is 0. The molecule has 0 unspecified atom stereocenters. The Labute approximate surface area is 103 Å². The lowest BCUT2D eigenvalue weighted by Crippen LogP contribution is -2.43. The van der Waals surface area contributed by atoms with Crippen molar-refractivity contribution in [1.82, 2.24) is 9.78 Å². The predicted octanol–water partition coefficient (Wildman–Crippen LogP) is 2.51. The molecule has 1 saturated heterocycles. The monoisotopic (exact) mass is 289 g/mol. The summed E-state index contributed by atoms with van der Waals surface area (Å²) in [5.74, 6) is 2.39. The molecule has 5 heteroatoms. The summed E-state index contributed by atoms with van der Waals surface area (Å²) in [7, 11) is 1.99. The normalized spacial score (nSPS) is 20.7. The second-order valence-electron chi connectivity index (χ2n) is 4.48. The number of aromatic nitrogens is 2. The Morgan fingerprint density at radius 3 is 2.80 bits per heavy atom. The van der Waals surface area contributed by atoms with E-state index in [0.29, 0.717) is 4.75 Å². The fraction of sp³-hybridized carbons (Fsp3) is 0.700. The van der Waals surface area contributed by atoms with Crippen LogP contribution in [0.2, 0.25) is 0 Å². The summed E-state index contributed by atoms with van der Waals surface area (Å²) in [6.07, 6.45) is 0. The van der Waals surface area contributed by atoms with Gasteiger partial charge in [-0.25, -0.2) is 0 Å². The molecule has 0 radical (unpaired) electrons. The zero-order chi connectivity index (χ0) is 11.1. The Hall–Kier alpha value is -0.160. The van der Waals surface area contributed by atoms with Crippen LogP contribution in [0.4, 0.5) is 5.82 Å². The first-order chi connectivity index (χ1) is 6.98. The minimum absolute atomic E-state index is 0.342. The third-order valence-corrected chi connectivity index (χ3v) is 4.26. The van der Waals surface area contributed by atoms with Crippen LogP contribution in [-0.4, -0.2) is 33.4 Å². The molecule has 2 rings (SSSR count). The molecule has 2 heterocycles. The van der Waals surface area contributed by atoms with Crippen molar-refractivity contribution in [2.75, 3.05) is 23.7 Å². The van der Waals surface area contributed by atoms with Gasteiger partial charge in [0.05, 0.1) is 0 Å². The molecule has 0 N–H and O–H groups in total. The molecule has 0 saturated carbocycles. The third-order valence-electron chi connectivity index (χ3n) is 2.57. The summed E-state index contributed by atoms with van der Waals surface area (Å²) in [4.78, 5) is 2.41.